The zero-order chi connectivity index (χ0) is 13.2. The van der Waals surface area contributed by atoms with Gasteiger partial charge in [-0.1, -0.05) is 42.0 Å². The molecule has 0 saturated heterocycles. The van der Waals surface area contributed by atoms with Gasteiger partial charge in [0.25, 0.3) is 0 Å². The van der Waals surface area contributed by atoms with E-state index >= 15 is 0 Å². The minimum Gasteiger partial charge on any atom is -0.379 e. The maximum Gasteiger partial charge on any atom is 0.127 e. The molecule has 3 heteroatoms. The van der Waals surface area contributed by atoms with Gasteiger partial charge in [0, 0.05) is 6.54 Å². The molecule has 0 saturated carbocycles. The van der Waals surface area contributed by atoms with Gasteiger partial charge in [-0.25, -0.2) is 4.39 Å². The molecule has 18 heavy (non-hydrogen) atoms. The normalized spacial score (nSPS) is 14.2. The van der Waals surface area contributed by atoms with Crippen LogP contribution in [-0.4, -0.2) is 11.7 Å². The fourth-order valence-electron chi connectivity index (χ4n) is 1.96. The lowest BCUT2D eigenvalue weighted by Crippen LogP contribution is -2.36. The Labute approximate surface area is 106 Å². The highest BCUT2D eigenvalue weighted by molar-refractivity contribution is 5.37. The standard InChI is InChI=1S/C15H16FNO/c1-11-2-4-12(5-3-11)15(18,10-17)13-6-8-14(16)9-7-13/h2-9,18H,10,17H2,1H3. The van der Waals surface area contributed by atoms with Crippen LogP contribution in [0, 0.1) is 12.7 Å². The molecule has 0 radical (unpaired) electrons. The van der Waals surface area contributed by atoms with Crippen LogP contribution >= 0.6 is 0 Å². The van der Waals surface area contributed by atoms with Gasteiger partial charge in [-0.15, -0.1) is 0 Å². The van der Waals surface area contributed by atoms with Crippen molar-refractivity contribution in [2.75, 3.05) is 6.54 Å². The number of halogens is 1. The molecule has 0 heterocycles. The second kappa shape index (κ2) is 4.88. The number of hydrogen-bond donors (Lipinski definition) is 2. The van der Waals surface area contributed by atoms with Crippen molar-refractivity contribution < 1.29 is 9.50 Å². The van der Waals surface area contributed by atoms with Crippen LogP contribution in [0.15, 0.2) is 48.5 Å². The van der Waals surface area contributed by atoms with E-state index in [1.807, 2.05) is 31.2 Å². The SMILES string of the molecule is Cc1ccc(C(O)(CN)c2ccc(F)cc2)cc1. The Hall–Kier alpha value is -1.71. The number of aliphatic hydroxyl groups is 1. The van der Waals surface area contributed by atoms with Crippen LogP contribution in [0.4, 0.5) is 4.39 Å². The molecule has 2 aromatic rings. The van der Waals surface area contributed by atoms with E-state index in [1.54, 1.807) is 12.1 Å². The minimum atomic E-state index is -1.28. The first-order valence-corrected chi connectivity index (χ1v) is 5.82. The number of rotatable bonds is 3. The highest BCUT2D eigenvalue weighted by Gasteiger charge is 2.29. The highest BCUT2D eigenvalue weighted by atomic mass is 19.1. The van der Waals surface area contributed by atoms with Crippen molar-refractivity contribution in [3.05, 3.63) is 71.0 Å². The molecular formula is C15H16FNO. The third kappa shape index (κ3) is 2.28. The lowest BCUT2D eigenvalue weighted by Gasteiger charge is -2.27. The Morgan fingerprint density at radius 3 is 1.89 bits per heavy atom. The van der Waals surface area contributed by atoms with Gasteiger partial charge < -0.3 is 10.8 Å². The van der Waals surface area contributed by atoms with E-state index < -0.39 is 5.60 Å². The smallest absolute Gasteiger partial charge is 0.127 e. The summed E-state index contributed by atoms with van der Waals surface area (Å²) in [6.45, 7) is 2.02. The molecule has 2 aromatic carbocycles. The zero-order valence-corrected chi connectivity index (χ0v) is 10.2. The van der Waals surface area contributed by atoms with E-state index in [4.69, 9.17) is 5.73 Å². The van der Waals surface area contributed by atoms with Gasteiger partial charge in [0.05, 0.1) is 0 Å². The summed E-state index contributed by atoms with van der Waals surface area (Å²) in [4.78, 5) is 0. The van der Waals surface area contributed by atoms with Gasteiger partial charge in [0.1, 0.15) is 11.4 Å². The molecular weight excluding hydrogens is 229 g/mol. The van der Waals surface area contributed by atoms with E-state index in [1.165, 1.54) is 12.1 Å². The van der Waals surface area contributed by atoms with Crippen LogP contribution in [0.5, 0.6) is 0 Å². The molecule has 1 atom stereocenters. The predicted molar refractivity (Wildman–Crippen MR) is 69.6 cm³/mol. The first kappa shape index (κ1) is 12.7. The summed E-state index contributed by atoms with van der Waals surface area (Å²) in [7, 11) is 0. The largest absolute Gasteiger partial charge is 0.379 e. The number of aryl methyl sites for hydroxylation is 1. The fraction of sp³-hybridized carbons (Fsp3) is 0.200. The maximum absolute atomic E-state index is 12.9. The molecule has 1 unspecified atom stereocenters. The van der Waals surface area contributed by atoms with Gasteiger partial charge in [0.2, 0.25) is 0 Å². The van der Waals surface area contributed by atoms with E-state index in [0.717, 1.165) is 5.56 Å². The van der Waals surface area contributed by atoms with E-state index in [0.29, 0.717) is 11.1 Å². The molecule has 0 aliphatic heterocycles. The van der Waals surface area contributed by atoms with E-state index in [9.17, 15) is 9.50 Å². The minimum absolute atomic E-state index is 0.0433. The molecule has 0 spiro atoms. The number of hydrogen-bond acceptors (Lipinski definition) is 2. The van der Waals surface area contributed by atoms with Gasteiger partial charge in [0.15, 0.2) is 0 Å². The summed E-state index contributed by atoms with van der Waals surface area (Å²) in [5, 5.41) is 10.7. The van der Waals surface area contributed by atoms with Crippen LogP contribution in [0.25, 0.3) is 0 Å². The molecule has 0 aliphatic rings. The molecule has 2 nitrogen and oxygen atoms in total. The predicted octanol–water partition coefficient (Wildman–Crippen LogP) is 2.33. The Bertz CT molecular complexity index is 474. The molecule has 0 amide bonds. The Morgan fingerprint density at radius 2 is 1.44 bits per heavy atom. The highest BCUT2D eigenvalue weighted by Crippen LogP contribution is 2.28. The maximum atomic E-state index is 12.9. The van der Waals surface area contributed by atoms with Gasteiger partial charge >= 0.3 is 0 Å². The van der Waals surface area contributed by atoms with Crippen molar-refractivity contribution in [1.82, 2.24) is 0 Å². The van der Waals surface area contributed by atoms with Crippen LogP contribution in [-0.2, 0) is 5.60 Å². The van der Waals surface area contributed by atoms with Crippen molar-refractivity contribution in [3.8, 4) is 0 Å². The monoisotopic (exact) mass is 245 g/mol. The van der Waals surface area contributed by atoms with Gasteiger partial charge in [-0.3, -0.25) is 0 Å². The summed E-state index contributed by atoms with van der Waals surface area (Å²) in [6.07, 6.45) is 0. The summed E-state index contributed by atoms with van der Waals surface area (Å²) in [5.74, 6) is -0.331. The molecule has 0 bridgehead atoms. The molecule has 94 valence electrons. The first-order chi connectivity index (χ1) is 8.56. The first-order valence-electron chi connectivity index (χ1n) is 5.82. The Kier molecular flexibility index (Phi) is 3.45. The van der Waals surface area contributed by atoms with Crippen molar-refractivity contribution in [2.45, 2.75) is 12.5 Å². The topological polar surface area (TPSA) is 46.2 Å². The Morgan fingerprint density at radius 1 is 1.00 bits per heavy atom. The summed E-state index contributed by atoms with van der Waals surface area (Å²) in [5.41, 5.74) is 6.84. The second-order valence-electron chi connectivity index (χ2n) is 4.44. The molecule has 2 rings (SSSR count). The molecule has 0 aromatic heterocycles. The average molecular weight is 245 g/mol. The van der Waals surface area contributed by atoms with Crippen molar-refractivity contribution >= 4 is 0 Å². The second-order valence-corrected chi connectivity index (χ2v) is 4.44. The third-order valence-corrected chi connectivity index (χ3v) is 3.15. The molecule has 0 fully saturated rings. The molecule has 0 aliphatic carbocycles. The van der Waals surface area contributed by atoms with Crippen LogP contribution in [0.2, 0.25) is 0 Å². The van der Waals surface area contributed by atoms with Crippen LogP contribution in [0.1, 0.15) is 16.7 Å². The third-order valence-electron chi connectivity index (χ3n) is 3.15. The van der Waals surface area contributed by atoms with E-state index in [2.05, 4.69) is 0 Å². The van der Waals surface area contributed by atoms with Crippen LogP contribution < -0.4 is 5.73 Å². The summed E-state index contributed by atoms with van der Waals surface area (Å²) >= 11 is 0. The number of benzene rings is 2. The lowest BCUT2D eigenvalue weighted by molar-refractivity contribution is 0.0901. The lowest BCUT2D eigenvalue weighted by atomic mass is 9.86. The summed E-state index contributed by atoms with van der Waals surface area (Å²) in [6, 6.07) is 13.3. The van der Waals surface area contributed by atoms with Crippen LogP contribution in [0.3, 0.4) is 0 Å². The van der Waals surface area contributed by atoms with Gasteiger partial charge in [-0.2, -0.15) is 0 Å². The van der Waals surface area contributed by atoms with E-state index in [-0.39, 0.29) is 12.4 Å². The fourth-order valence-corrected chi connectivity index (χ4v) is 1.96. The van der Waals surface area contributed by atoms with Gasteiger partial charge in [-0.05, 0) is 30.2 Å². The number of nitrogens with two attached hydrogens (primary N) is 1. The summed E-state index contributed by atoms with van der Waals surface area (Å²) < 4.78 is 12.9. The van der Waals surface area contributed by atoms with Crippen molar-refractivity contribution in [1.29, 1.82) is 0 Å². The van der Waals surface area contributed by atoms with Crippen molar-refractivity contribution in [2.24, 2.45) is 5.73 Å². The molecule has 3 N–H and O–H groups in total. The zero-order valence-electron chi connectivity index (χ0n) is 10.2. The van der Waals surface area contributed by atoms with Crippen molar-refractivity contribution in [3.63, 3.8) is 0 Å². The average Bonchev–Trinajstić information content (AvgIpc) is 2.39. The quantitative estimate of drug-likeness (QED) is 0.871. The Balaban J connectivity index is 2.47.